The van der Waals surface area contributed by atoms with Crippen LogP contribution in [0.1, 0.15) is 27.2 Å². The predicted molar refractivity (Wildman–Crippen MR) is 97.1 cm³/mol. The van der Waals surface area contributed by atoms with Crippen LogP contribution in [0.2, 0.25) is 0 Å². The third kappa shape index (κ3) is 5.63. The van der Waals surface area contributed by atoms with Crippen molar-refractivity contribution in [1.29, 1.82) is 0 Å². The number of anilines is 1. The number of guanidine groups is 1. The SMILES string of the molecule is CN=C(NCCNC(C)(C)C)NC1CCN(c2ncccc2F)C1. The van der Waals surface area contributed by atoms with Crippen molar-refractivity contribution < 1.29 is 4.39 Å². The second-order valence-electron chi connectivity index (χ2n) is 7.06. The molecular weight excluding hydrogens is 307 g/mol. The molecule has 2 heterocycles. The van der Waals surface area contributed by atoms with Crippen LogP contribution >= 0.6 is 0 Å². The third-order valence-corrected chi connectivity index (χ3v) is 3.86. The van der Waals surface area contributed by atoms with Gasteiger partial charge in [0.15, 0.2) is 17.6 Å². The van der Waals surface area contributed by atoms with Gasteiger partial charge in [-0.25, -0.2) is 9.37 Å². The molecule has 1 aromatic rings. The summed E-state index contributed by atoms with van der Waals surface area (Å²) in [5.41, 5.74) is 0.108. The van der Waals surface area contributed by atoms with Crippen LogP contribution in [0, 0.1) is 5.82 Å². The van der Waals surface area contributed by atoms with Crippen molar-refractivity contribution in [3.05, 3.63) is 24.1 Å². The molecule has 0 bridgehead atoms. The number of nitrogens with zero attached hydrogens (tertiary/aromatic N) is 3. The fraction of sp³-hybridized carbons (Fsp3) is 0.647. The van der Waals surface area contributed by atoms with Crippen LogP contribution in [0.4, 0.5) is 10.2 Å². The molecule has 1 aliphatic heterocycles. The molecule has 1 aromatic heterocycles. The Morgan fingerprint density at radius 3 is 2.88 bits per heavy atom. The van der Waals surface area contributed by atoms with Gasteiger partial charge < -0.3 is 20.9 Å². The van der Waals surface area contributed by atoms with Gasteiger partial charge in [0.05, 0.1) is 0 Å². The summed E-state index contributed by atoms with van der Waals surface area (Å²) in [4.78, 5) is 10.4. The maximum absolute atomic E-state index is 13.8. The quantitative estimate of drug-likeness (QED) is 0.430. The molecule has 7 heteroatoms. The zero-order chi connectivity index (χ0) is 17.6. The molecule has 0 radical (unpaired) electrons. The van der Waals surface area contributed by atoms with E-state index >= 15 is 0 Å². The molecule has 3 N–H and O–H groups in total. The fourth-order valence-corrected chi connectivity index (χ4v) is 2.69. The minimum Gasteiger partial charge on any atom is -0.355 e. The summed E-state index contributed by atoms with van der Waals surface area (Å²) < 4.78 is 13.8. The van der Waals surface area contributed by atoms with Crippen molar-refractivity contribution in [3.63, 3.8) is 0 Å². The van der Waals surface area contributed by atoms with E-state index in [1.165, 1.54) is 6.07 Å². The van der Waals surface area contributed by atoms with Gasteiger partial charge in [-0.05, 0) is 39.3 Å². The van der Waals surface area contributed by atoms with Gasteiger partial charge in [-0.2, -0.15) is 0 Å². The van der Waals surface area contributed by atoms with E-state index in [0.717, 1.165) is 38.6 Å². The molecule has 1 saturated heterocycles. The van der Waals surface area contributed by atoms with Crippen LogP contribution in [0.15, 0.2) is 23.3 Å². The molecule has 24 heavy (non-hydrogen) atoms. The maximum atomic E-state index is 13.8. The van der Waals surface area contributed by atoms with Crippen LogP contribution in [0.5, 0.6) is 0 Å². The largest absolute Gasteiger partial charge is 0.355 e. The zero-order valence-electron chi connectivity index (χ0n) is 15.1. The first-order valence-corrected chi connectivity index (χ1v) is 8.47. The maximum Gasteiger partial charge on any atom is 0.191 e. The highest BCUT2D eigenvalue weighted by molar-refractivity contribution is 5.80. The van der Waals surface area contributed by atoms with E-state index in [9.17, 15) is 4.39 Å². The fourth-order valence-electron chi connectivity index (χ4n) is 2.69. The van der Waals surface area contributed by atoms with Crippen LogP contribution in [-0.2, 0) is 0 Å². The van der Waals surface area contributed by atoms with E-state index in [-0.39, 0.29) is 17.4 Å². The molecule has 0 aromatic carbocycles. The summed E-state index contributed by atoms with van der Waals surface area (Å²) in [7, 11) is 1.76. The summed E-state index contributed by atoms with van der Waals surface area (Å²) >= 11 is 0. The lowest BCUT2D eigenvalue weighted by Gasteiger charge is -2.22. The van der Waals surface area contributed by atoms with Crippen molar-refractivity contribution in [2.24, 2.45) is 4.99 Å². The van der Waals surface area contributed by atoms with E-state index in [0.29, 0.717) is 5.82 Å². The number of aromatic nitrogens is 1. The number of hydrogen-bond donors (Lipinski definition) is 3. The van der Waals surface area contributed by atoms with Crippen LogP contribution in [0.25, 0.3) is 0 Å². The summed E-state index contributed by atoms with van der Waals surface area (Å²) in [5, 5.41) is 10.1. The first-order valence-electron chi connectivity index (χ1n) is 8.47. The molecule has 1 fully saturated rings. The van der Waals surface area contributed by atoms with Gasteiger partial charge in [0.2, 0.25) is 0 Å². The summed E-state index contributed by atoms with van der Waals surface area (Å²) in [6, 6.07) is 3.29. The van der Waals surface area contributed by atoms with E-state index in [2.05, 4.69) is 46.7 Å². The van der Waals surface area contributed by atoms with Crippen molar-refractivity contribution in [1.82, 2.24) is 20.9 Å². The molecule has 134 valence electrons. The molecule has 6 nitrogen and oxygen atoms in total. The Labute approximate surface area is 143 Å². The summed E-state index contributed by atoms with van der Waals surface area (Å²) in [6.07, 6.45) is 2.55. The predicted octanol–water partition coefficient (Wildman–Crippen LogP) is 1.35. The smallest absolute Gasteiger partial charge is 0.191 e. The Bertz CT molecular complexity index is 554. The van der Waals surface area contributed by atoms with Crippen LogP contribution < -0.4 is 20.9 Å². The normalized spacial score (nSPS) is 18.8. The topological polar surface area (TPSA) is 64.6 Å². The molecule has 1 unspecified atom stereocenters. The molecule has 0 spiro atoms. The molecule has 2 rings (SSSR count). The van der Waals surface area contributed by atoms with Gasteiger partial charge in [0.25, 0.3) is 0 Å². The molecule has 0 saturated carbocycles. The highest BCUT2D eigenvalue weighted by Gasteiger charge is 2.25. The Morgan fingerprint density at radius 2 is 2.21 bits per heavy atom. The third-order valence-electron chi connectivity index (χ3n) is 3.86. The van der Waals surface area contributed by atoms with E-state index in [4.69, 9.17) is 0 Å². The average molecular weight is 336 g/mol. The molecule has 0 aliphatic carbocycles. The standard InChI is InChI=1S/C17H29FN6/c1-17(2,3)22-10-9-21-16(19-4)23-13-7-11-24(12-13)15-14(18)6-5-8-20-15/h5-6,8,13,22H,7,9-12H2,1-4H3,(H2,19,21,23). The van der Waals surface area contributed by atoms with E-state index in [1.807, 2.05) is 4.90 Å². The highest BCUT2D eigenvalue weighted by Crippen LogP contribution is 2.20. The Balaban J connectivity index is 1.78. The lowest BCUT2D eigenvalue weighted by Crippen LogP contribution is -2.47. The number of rotatable bonds is 5. The monoisotopic (exact) mass is 336 g/mol. The Kier molecular flexibility index (Phi) is 6.36. The van der Waals surface area contributed by atoms with Gasteiger partial charge in [0.1, 0.15) is 0 Å². The average Bonchev–Trinajstić information content (AvgIpc) is 2.98. The van der Waals surface area contributed by atoms with Crippen molar-refractivity contribution in [3.8, 4) is 0 Å². The molecule has 1 atom stereocenters. The van der Waals surface area contributed by atoms with Gasteiger partial charge in [-0.15, -0.1) is 0 Å². The molecule has 1 aliphatic rings. The van der Waals surface area contributed by atoms with Gasteiger partial charge in [-0.3, -0.25) is 4.99 Å². The Hall–Kier alpha value is -1.89. The van der Waals surface area contributed by atoms with E-state index < -0.39 is 0 Å². The molecular formula is C17H29FN6. The zero-order valence-corrected chi connectivity index (χ0v) is 15.1. The number of halogens is 1. The highest BCUT2D eigenvalue weighted by atomic mass is 19.1. The number of nitrogens with one attached hydrogen (secondary N) is 3. The van der Waals surface area contributed by atoms with Gasteiger partial charge in [0, 0.05) is 51.0 Å². The second-order valence-corrected chi connectivity index (χ2v) is 7.06. The first-order chi connectivity index (χ1) is 11.4. The van der Waals surface area contributed by atoms with Gasteiger partial charge >= 0.3 is 0 Å². The van der Waals surface area contributed by atoms with Crippen molar-refractivity contribution in [2.45, 2.75) is 38.8 Å². The first kappa shape index (κ1) is 18.4. The molecule has 0 amide bonds. The Morgan fingerprint density at radius 1 is 1.42 bits per heavy atom. The minimum absolute atomic E-state index is 0.108. The number of hydrogen-bond acceptors (Lipinski definition) is 4. The van der Waals surface area contributed by atoms with Crippen molar-refractivity contribution >= 4 is 11.8 Å². The second kappa shape index (κ2) is 8.28. The lowest BCUT2D eigenvalue weighted by atomic mass is 10.1. The van der Waals surface area contributed by atoms with Crippen LogP contribution in [-0.4, -0.2) is 55.8 Å². The summed E-state index contributed by atoms with van der Waals surface area (Å²) in [6.45, 7) is 9.59. The summed E-state index contributed by atoms with van der Waals surface area (Å²) in [5.74, 6) is 0.937. The lowest BCUT2D eigenvalue weighted by molar-refractivity contribution is 0.428. The van der Waals surface area contributed by atoms with Gasteiger partial charge in [-0.1, -0.05) is 0 Å². The number of pyridine rings is 1. The van der Waals surface area contributed by atoms with Crippen LogP contribution in [0.3, 0.4) is 0 Å². The van der Waals surface area contributed by atoms with Crippen molar-refractivity contribution in [2.75, 3.05) is 38.1 Å². The number of aliphatic imine (C=N–C) groups is 1. The van der Waals surface area contributed by atoms with E-state index in [1.54, 1.807) is 19.3 Å². The minimum atomic E-state index is -0.270.